The van der Waals surface area contributed by atoms with Crippen LogP contribution in [0.2, 0.25) is 5.15 Å². The predicted molar refractivity (Wildman–Crippen MR) is 76.3 cm³/mol. The molecule has 0 bridgehead atoms. The molecule has 0 unspecified atom stereocenters. The van der Waals surface area contributed by atoms with E-state index in [4.69, 9.17) is 16.7 Å². The van der Waals surface area contributed by atoms with Crippen molar-refractivity contribution in [2.45, 2.75) is 30.8 Å². The monoisotopic (exact) mass is 317 g/mol. The SMILES string of the molecule is CC(C)(CCO)NS(=O)(=O)c1c(Cl)nc2ccccn12. The Morgan fingerprint density at radius 2 is 2.15 bits per heavy atom. The fraction of sp³-hybridized carbons (Fsp3) is 0.417. The van der Waals surface area contributed by atoms with Crippen molar-refractivity contribution >= 4 is 27.3 Å². The summed E-state index contributed by atoms with van der Waals surface area (Å²) in [4.78, 5) is 4.02. The van der Waals surface area contributed by atoms with Crippen LogP contribution in [-0.2, 0) is 10.0 Å². The molecule has 0 aliphatic carbocycles. The maximum atomic E-state index is 12.5. The van der Waals surface area contributed by atoms with E-state index >= 15 is 0 Å². The molecule has 0 amide bonds. The van der Waals surface area contributed by atoms with E-state index in [1.165, 1.54) is 4.40 Å². The van der Waals surface area contributed by atoms with Gasteiger partial charge in [-0.15, -0.1) is 0 Å². The summed E-state index contributed by atoms with van der Waals surface area (Å²) in [5, 5.41) is 8.80. The molecule has 0 atom stereocenters. The average molecular weight is 318 g/mol. The fourth-order valence-corrected chi connectivity index (χ4v) is 4.02. The van der Waals surface area contributed by atoms with Crippen molar-refractivity contribution in [3.05, 3.63) is 29.5 Å². The third-order valence-electron chi connectivity index (χ3n) is 2.85. The molecule has 0 saturated carbocycles. The molecule has 0 saturated heterocycles. The van der Waals surface area contributed by atoms with Crippen LogP contribution in [0.25, 0.3) is 5.65 Å². The molecule has 2 aromatic heterocycles. The predicted octanol–water partition coefficient (Wildman–Crippen LogP) is 1.43. The highest BCUT2D eigenvalue weighted by Gasteiger charge is 2.30. The number of halogens is 1. The van der Waals surface area contributed by atoms with Gasteiger partial charge in [0.15, 0.2) is 10.2 Å². The number of nitrogens with one attached hydrogen (secondary N) is 1. The van der Waals surface area contributed by atoms with Gasteiger partial charge < -0.3 is 5.11 Å². The van der Waals surface area contributed by atoms with Gasteiger partial charge in [-0.2, -0.15) is 0 Å². The second-order valence-corrected chi connectivity index (χ2v) is 7.06. The first kappa shape index (κ1) is 15.2. The molecule has 2 heterocycles. The molecule has 6 nitrogen and oxygen atoms in total. The average Bonchev–Trinajstić information content (AvgIpc) is 2.63. The van der Waals surface area contributed by atoms with Crippen molar-refractivity contribution in [1.29, 1.82) is 0 Å². The molecule has 8 heteroatoms. The first-order valence-electron chi connectivity index (χ1n) is 6.04. The number of sulfonamides is 1. The van der Waals surface area contributed by atoms with Crippen LogP contribution in [0.5, 0.6) is 0 Å². The number of aliphatic hydroxyl groups is 1. The molecule has 0 aromatic carbocycles. The summed E-state index contributed by atoms with van der Waals surface area (Å²) in [6, 6.07) is 5.12. The van der Waals surface area contributed by atoms with Gasteiger partial charge in [0.1, 0.15) is 5.65 Å². The molecule has 0 fully saturated rings. The van der Waals surface area contributed by atoms with Crippen LogP contribution in [0, 0.1) is 0 Å². The number of pyridine rings is 1. The quantitative estimate of drug-likeness (QED) is 0.873. The maximum Gasteiger partial charge on any atom is 0.260 e. The van der Waals surface area contributed by atoms with Gasteiger partial charge in [-0.1, -0.05) is 17.7 Å². The number of aromatic nitrogens is 2. The lowest BCUT2D eigenvalue weighted by Gasteiger charge is -2.24. The Morgan fingerprint density at radius 1 is 1.45 bits per heavy atom. The van der Waals surface area contributed by atoms with Crippen LogP contribution in [0.15, 0.2) is 29.4 Å². The lowest BCUT2D eigenvalue weighted by atomic mass is 10.0. The topological polar surface area (TPSA) is 83.7 Å². The second kappa shape index (κ2) is 5.33. The van der Waals surface area contributed by atoms with Crippen molar-refractivity contribution in [3.8, 4) is 0 Å². The van der Waals surface area contributed by atoms with Gasteiger partial charge in [-0.3, -0.25) is 4.40 Å². The summed E-state index contributed by atoms with van der Waals surface area (Å²) in [6.07, 6.45) is 1.88. The van der Waals surface area contributed by atoms with Crippen LogP contribution >= 0.6 is 11.6 Å². The smallest absolute Gasteiger partial charge is 0.260 e. The van der Waals surface area contributed by atoms with E-state index in [-0.39, 0.29) is 16.8 Å². The van der Waals surface area contributed by atoms with E-state index in [9.17, 15) is 8.42 Å². The summed E-state index contributed by atoms with van der Waals surface area (Å²) in [6.45, 7) is 3.27. The number of nitrogens with zero attached hydrogens (tertiary/aromatic N) is 2. The zero-order valence-corrected chi connectivity index (χ0v) is 12.7. The third-order valence-corrected chi connectivity index (χ3v) is 4.94. The van der Waals surface area contributed by atoms with Crippen LogP contribution in [-0.4, -0.2) is 35.1 Å². The normalized spacial score (nSPS) is 13.0. The minimum atomic E-state index is -3.85. The van der Waals surface area contributed by atoms with Crippen LogP contribution in [0.4, 0.5) is 0 Å². The Bertz CT molecular complexity index is 725. The minimum Gasteiger partial charge on any atom is -0.396 e. The summed E-state index contributed by atoms with van der Waals surface area (Å²) in [5.41, 5.74) is -0.326. The van der Waals surface area contributed by atoms with Crippen molar-refractivity contribution in [2.24, 2.45) is 0 Å². The van der Waals surface area contributed by atoms with Gasteiger partial charge in [-0.05, 0) is 32.4 Å². The highest BCUT2D eigenvalue weighted by atomic mass is 35.5. The minimum absolute atomic E-state index is 0.0801. The fourth-order valence-electron chi connectivity index (χ4n) is 1.93. The lowest BCUT2D eigenvalue weighted by Crippen LogP contribution is -2.44. The number of rotatable bonds is 5. The van der Waals surface area contributed by atoms with Gasteiger partial charge in [0.25, 0.3) is 10.0 Å². The molecule has 2 rings (SSSR count). The van der Waals surface area contributed by atoms with E-state index in [2.05, 4.69) is 9.71 Å². The zero-order chi connectivity index (χ0) is 15.0. The van der Waals surface area contributed by atoms with Crippen LogP contribution in [0.1, 0.15) is 20.3 Å². The van der Waals surface area contributed by atoms with Crippen LogP contribution < -0.4 is 4.72 Å². The number of hydrogen-bond donors (Lipinski definition) is 2. The first-order chi connectivity index (χ1) is 9.27. The largest absolute Gasteiger partial charge is 0.396 e. The number of imidazole rings is 1. The van der Waals surface area contributed by atoms with Gasteiger partial charge in [0.05, 0.1) is 0 Å². The van der Waals surface area contributed by atoms with Gasteiger partial charge in [0.2, 0.25) is 0 Å². The lowest BCUT2D eigenvalue weighted by molar-refractivity contribution is 0.245. The Balaban J connectivity index is 2.50. The van der Waals surface area contributed by atoms with Crippen LogP contribution in [0.3, 0.4) is 0 Å². The molecule has 2 aromatic rings. The summed E-state index contributed by atoms with van der Waals surface area (Å²) >= 11 is 5.96. The molecule has 0 spiro atoms. The molecule has 0 aliphatic rings. The second-order valence-electron chi connectivity index (χ2n) is 5.10. The number of hydrogen-bond acceptors (Lipinski definition) is 4. The Hall–Kier alpha value is -1.15. The van der Waals surface area contributed by atoms with Crippen molar-refractivity contribution in [2.75, 3.05) is 6.61 Å². The zero-order valence-electron chi connectivity index (χ0n) is 11.2. The Labute approximate surface area is 122 Å². The number of fused-ring (bicyclic) bond motifs is 1. The highest BCUT2D eigenvalue weighted by molar-refractivity contribution is 7.89. The van der Waals surface area contributed by atoms with E-state index < -0.39 is 15.6 Å². The molecule has 2 N–H and O–H groups in total. The molecule has 20 heavy (non-hydrogen) atoms. The van der Waals surface area contributed by atoms with E-state index in [0.717, 1.165) is 0 Å². The van der Waals surface area contributed by atoms with Gasteiger partial charge >= 0.3 is 0 Å². The summed E-state index contributed by atoms with van der Waals surface area (Å²) in [7, 11) is -3.85. The molecular weight excluding hydrogens is 302 g/mol. The summed E-state index contributed by atoms with van der Waals surface area (Å²) in [5.74, 6) is 0. The maximum absolute atomic E-state index is 12.5. The Kier molecular flexibility index (Phi) is 4.06. The standard InChI is InChI=1S/C12H16ClN3O3S/c1-12(2,6-8-17)15-20(18,19)11-10(13)14-9-5-3-4-7-16(9)11/h3-5,7,15,17H,6,8H2,1-2H3. The Morgan fingerprint density at radius 3 is 2.80 bits per heavy atom. The van der Waals surface area contributed by atoms with Gasteiger partial charge in [0, 0.05) is 18.3 Å². The molecule has 0 radical (unpaired) electrons. The van der Waals surface area contributed by atoms with E-state index in [1.54, 1.807) is 38.2 Å². The van der Waals surface area contributed by atoms with Crippen molar-refractivity contribution < 1.29 is 13.5 Å². The third kappa shape index (κ3) is 2.95. The molecule has 110 valence electrons. The number of aliphatic hydroxyl groups excluding tert-OH is 1. The first-order valence-corrected chi connectivity index (χ1v) is 7.90. The highest BCUT2D eigenvalue weighted by Crippen LogP contribution is 2.24. The van der Waals surface area contributed by atoms with Crippen molar-refractivity contribution in [1.82, 2.24) is 14.1 Å². The van der Waals surface area contributed by atoms with E-state index in [0.29, 0.717) is 12.1 Å². The van der Waals surface area contributed by atoms with Crippen molar-refractivity contribution in [3.63, 3.8) is 0 Å². The summed E-state index contributed by atoms with van der Waals surface area (Å²) < 4.78 is 28.9. The molecule has 0 aliphatic heterocycles. The molecular formula is C12H16ClN3O3S. The van der Waals surface area contributed by atoms with E-state index in [1.807, 2.05) is 0 Å². The van der Waals surface area contributed by atoms with Gasteiger partial charge in [-0.25, -0.2) is 18.1 Å².